The van der Waals surface area contributed by atoms with Crippen LogP contribution in [-0.2, 0) is 27.4 Å². The SMILES string of the molecule is O=C(O)CC(Cc1ccc(-c2ccccc2)cc1)NC1(CC(=O)OCc2ccccc2)CCCC1. The summed E-state index contributed by atoms with van der Waals surface area (Å²) in [5, 5.41) is 13.2. The van der Waals surface area contributed by atoms with Crippen molar-refractivity contribution in [3.63, 3.8) is 0 Å². The van der Waals surface area contributed by atoms with Gasteiger partial charge in [0.15, 0.2) is 0 Å². The van der Waals surface area contributed by atoms with Crippen LogP contribution in [0.3, 0.4) is 0 Å². The van der Waals surface area contributed by atoms with Crippen LogP contribution in [0.15, 0.2) is 84.9 Å². The fraction of sp³-hybridized carbons (Fsp3) is 0.333. The highest BCUT2D eigenvalue weighted by Gasteiger charge is 2.38. The number of aliphatic carboxylic acids is 1. The largest absolute Gasteiger partial charge is 0.481 e. The molecule has 4 rings (SSSR count). The number of hydrogen-bond donors (Lipinski definition) is 2. The first-order chi connectivity index (χ1) is 17.0. The molecule has 0 aliphatic heterocycles. The number of hydrogen-bond acceptors (Lipinski definition) is 4. The van der Waals surface area contributed by atoms with Crippen molar-refractivity contribution in [3.8, 4) is 11.1 Å². The smallest absolute Gasteiger partial charge is 0.307 e. The Morgan fingerprint density at radius 2 is 1.43 bits per heavy atom. The van der Waals surface area contributed by atoms with Crippen LogP contribution < -0.4 is 5.32 Å². The molecule has 3 aromatic rings. The Labute approximate surface area is 207 Å². The molecule has 182 valence electrons. The van der Waals surface area contributed by atoms with Gasteiger partial charge in [0.25, 0.3) is 0 Å². The topological polar surface area (TPSA) is 75.6 Å². The molecule has 5 nitrogen and oxygen atoms in total. The van der Waals surface area contributed by atoms with Crippen LogP contribution in [0.5, 0.6) is 0 Å². The minimum atomic E-state index is -0.844. The summed E-state index contributed by atoms with van der Waals surface area (Å²) >= 11 is 0. The van der Waals surface area contributed by atoms with Gasteiger partial charge in [-0.05, 0) is 41.5 Å². The molecule has 1 saturated carbocycles. The van der Waals surface area contributed by atoms with E-state index < -0.39 is 11.5 Å². The molecule has 2 N–H and O–H groups in total. The highest BCUT2D eigenvalue weighted by Crippen LogP contribution is 2.34. The number of carboxylic acid groups (broad SMARTS) is 1. The number of carboxylic acids is 1. The maximum atomic E-state index is 12.7. The van der Waals surface area contributed by atoms with Crippen molar-refractivity contribution in [3.05, 3.63) is 96.1 Å². The second-order valence-electron chi connectivity index (χ2n) is 9.52. The Balaban J connectivity index is 1.41. The fourth-order valence-electron chi connectivity index (χ4n) is 5.06. The van der Waals surface area contributed by atoms with Crippen molar-refractivity contribution < 1.29 is 19.4 Å². The summed E-state index contributed by atoms with van der Waals surface area (Å²) in [6, 6.07) is 27.8. The van der Waals surface area contributed by atoms with Crippen LogP contribution in [0.1, 0.15) is 49.7 Å². The maximum Gasteiger partial charge on any atom is 0.307 e. The maximum absolute atomic E-state index is 12.7. The summed E-state index contributed by atoms with van der Waals surface area (Å²) in [4.78, 5) is 24.4. The summed E-state index contributed by atoms with van der Waals surface area (Å²) in [6.45, 7) is 0.252. The lowest BCUT2D eigenvalue weighted by Crippen LogP contribution is -2.51. The van der Waals surface area contributed by atoms with E-state index in [1.165, 1.54) is 0 Å². The molecule has 35 heavy (non-hydrogen) atoms. The van der Waals surface area contributed by atoms with Gasteiger partial charge in [0.05, 0.1) is 12.8 Å². The standard InChI is InChI=1S/C30H33NO4/c32-28(33)20-27(19-23-13-15-26(16-14-23)25-11-5-2-6-12-25)31-30(17-7-8-18-30)21-29(34)35-22-24-9-3-1-4-10-24/h1-6,9-16,27,31H,7-8,17-22H2,(H,32,33). The lowest BCUT2D eigenvalue weighted by molar-refractivity contribution is -0.146. The number of carbonyl (C=O) groups excluding carboxylic acids is 1. The first kappa shape index (κ1) is 24.7. The van der Waals surface area contributed by atoms with E-state index in [9.17, 15) is 14.7 Å². The average molecular weight is 472 g/mol. The van der Waals surface area contributed by atoms with E-state index in [0.717, 1.165) is 47.9 Å². The highest BCUT2D eigenvalue weighted by molar-refractivity contribution is 5.71. The zero-order valence-electron chi connectivity index (χ0n) is 20.0. The monoisotopic (exact) mass is 471 g/mol. The third-order valence-electron chi connectivity index (χ3n) is 6.76. The van der Waals surface area contributed by atoms with Gasteiger partial charge in [0.2, 0.25) is 0 Å². The van der Waals surface area contributed by atoms with Crippen LogP contribution in [0.25, 0.3) is 11.1 Å². The van der Waals surface area contributed by atoms with E-state index in [1.807, 2.05) is 48.5 Å². The zero-order valence-corrected chi connectivity index (χ0v) is 20.0. The molecule has 0 amide bonds. The summed E-state index contributed by atoms with van der Waals surface area (Å²) in [5.74, 6) is -1.09. The van der Waals surface area contributed by atoms with Gasteiger partial charge in [-0.2, -0.15) is 0 Å². The van der Waals surface area contributed by atoms with E-state index in [1.54, 1.807) is 0 Å². The Morgan fingerprint density at radius 1 is 0.829 bits per heavy atom. The molecule has 0 spiro atoms. The van der Waals surface area contributed by atoms with Crippen molar-refractivity contribution in [1.82, 2.24) is 5.32 Å². The zero-order chi connectivity index (χ0) is 24.5. The first-order valence-corrected chi connectivity index (χ1v) is 12.3. The molecule has 0 radical (unpaired) electrons. The third kappa shape index (κ3) is 7.27. The Hall–Kier alpha value is -3.44. The lowest BCUT2D eigenvalue weighted by atomic mass is 9.90. The second-order valence-corrected chi connectivity index (χ2v) is 9.52. The van der Waals surface area contributed by atoms with Crippen molar-refractivity contribution in [2.24, 2.45) is 0 Å². The number of rotatable bonds is 11. The van der Waals surface area contributed by atoms with Crippen molar-refractivity contribution >= 4 is 11.9 Å². The molecule has 0 aromatic heterocycles. The molecule has 1 unspecified atom stereocenters. The molecule has 1 aliphatic carbocycles. The van der Waals surface area contributed by atoms with Crippen molar-refractivity contribution in [2.75, 3.05) is 0 Å². The molecular formula is C30H33NO4. The van der Waals surface area contributed by atoms with E-state index in [0.29, 0.717) is 6.42 Å². The normalized spacial score (nSPS) is 15.4. The van der Waals surface area contributed by atoms with Crippen LogP contribution in [-0.4, -0.2) is 28.6 Å². The minimum Gasteiger partial charge on any atom is -0.481 e. The quantitative estimate of drug-likeness (QED) is 0.347. The van der Waals surface area contributed by atoms with E-state index in [2.05, 4.69) is 41.7 Å². The van der Waals surface area contributed by atoms with Gasteiger partial charge >= 0.3 is 11.9 Å². The van der Waals surface area contributed by atoms with Gasteiger partial charge in [-0.15, -0.1) is 0 Å². The number of esters is 1. The van der Waals surface area contributed by atoms with Gasteiger partial charge in [0, 0.05) is 11.6 Å². The van der Waals surface area contributed by atoms with Crippen LogP contribution >= 0.6 is 0 Å². The van der Waals surface area contributed by atoms with E-state index in [4.69, 9.17) is 4.74 Å². The van der Waals surface area contributed by atoms with Gasteiger partial charge in [0.1, 0.15) is 6.61 Å². The van der Waals surface area contributed by atoms with Gasteiger partial charge in [-0.1, -0.05) is 97.8 Å². The fourth-order valence-corrected chi connectivity index (χ4v) is 5.06. The number of ether oxygens (including phenoxy) is 1. The lowest BCUT2D eigenvalue weighted by Gasteiger charge is -2.34. The van der Waals surface area contributed by atoms with Crippen molar-refractivity contribution in [1.29, 1.82) is 0 Å². The van der Waals surface area contributed by atoms with E-state index >= 15 is 0 Å². The molecule has 0 heterocycles. The number of carbonyl (C=O) groups is 2. The third-order valence-corrected chi connectivity index (χ3v) is 6.76. The van der Waals surface area contributed by atoms with Gasteiger partial charge in [-0.25, -0.2) is 0 Å². The molecule has 0 bridgehead atoms. The molecule has 1 atom stereocenters. The molecule has 5 heteroatoms. The predicted molar refractivity (Wildman–Crippen MR) is 137 cm³/mol. The molecular weight excluding hydrogens is 438 g/mol. The molecule has 1 aliphatic rings. The van der Waals surface area contributed by atoms with Crippen LogP contribution in [0.4, 0.5) is 0 Å². The van der Waals surface area contributed by atoms with Crippen LogP contribution in [0.2, 0.25) is 0 Å². The van der Waals surface area contributed by atoms with Crippen molar-refractivity contribution in [2.45, 2.75) is 63.1 Å². The average Bonchev–Trinajstić information content (AvgIpc) is 3.31. The Kier molecular flexibility index (Phi) is 8.32. The minimum absolute atomic E-state index is 0.00124. The number of benzene rings is 3. The molecule has 0 saturated heterocycles. The summed E-state index contributed by atoms with van der Waals surface area (Å²) in [7, 11) is 0. The molecule has 1 fully saturated rings. The van der Waals surface area contributed by atoms with Crippen LogP contribution in [0, 0.1) is 0 Å². The Bertz CT molecular complexity index is 1090. The molecule has 3 aromatic carbocycles. The Morgan fingerprint density at radius 3 is 2.06 bits per heavy atom. The van der Waals surface area contributed by atoms with E-state index in [-0.39, 0.29) is 31.5 Å². The summed E-state index contributed by atoms with van der Waals surface area (Å²) < 4.78 is 5.56. The van der Waals surface area contributed by atoms with Gasteiger partial charge < -0.3 is 15.2 Å². The summed E-state index contributed by atoms with van der Waals surface area (Å²) in [5.41, 5.74) is 3.89. The van der Waals surface area contributed by atoms with Gasteiger partial charge in [-0.3, -0.25) is 9.59 Å². The highest BCUT2D eigenvalue weighted by atomic mass is 16.5. The first-order valence-electron chi connectivity index (χ1n) is 12.3. The summed E-state index contributed by atoms with van der Waals surface area (Å²) in [6.07, 6.45) is 4.56. The predicted octanol–water partition coefficient (Wildman–Crippen LogP) is 5.78. The number of nitrogens with one attached hydrogen (secondary N) is 1. The second kappa shape index (κ2) is 11.8.